The van der Waals surface area contributed by atoms with Crippen molar-refractivity contribution in [2.45, 2.75) is 26.3 Å². The molecule has 0 radical (unpaired) electrons. The van der Waals surface area contributed by atoms with E-state index in [0.717, 1.165) is 19.4 Å². The van der Waals surface area contributed by atoms with Crippen molar-refractivity contribution in [3.63, 3.8) is 0 Å². The molecule has 0 aliphatic heterocycles. The number of carboxylic acid groups (broad SMARTS) is 1. The van der Waals surface area contributed by atoms with Gasteiger partial charge in [-0.2, -0.15) is 0 Å². The highest BCUT2D eigenvalue weighted by Gasteiger charge is 2.19. The van der Waals surface area contributed by atoms with E-state index in [1.807, 2.05) is 12.1 Å². The molecule has 0 aliphatic rings. The van der Waals surface area contributed by atoms with Gasteiger partial charge in [-0.15, -0.1) is 0 Å². The maximum atomic E-state index is 11.4. The highest BCUT2D eigenvalue weighted by molar-refractivity contribution is 6.03. The average molecular weight is 291 g/mol. The SMILES string of the molecule is CCCCOCCNCc1oc2ccccc2c1C(=O)O. The highest BCUT2D eigenvalue weighted by Crippen LogP contribution is 2.25. The van der Waals surface area contributed by atoms with Crippen LogP contribution in [0.3, 0.4) is 0 Å². The van der Waals surface area contributed by atoms with Crippen LogP contribution in [0.1, 0.15) is 35.9 Å². The van der Waals surface area contributed by atoms with Crippen molar-refractivity contribution in [2.24, 2.45) is 0 Å². The Morgan fingerprint density at radius 3 is 2.90 bits per heavy atom. The number of carbonyl (C=O) groups is 1. The topological polar surface area (TPSA) is 71.7 Å². The van der Waals surface area contributed by atoms with E-state index >= 15 is 0 Å². The fourth-order valence-electron chi connectivity index (χ4n) is 2.15. The Morgan fingerprint density at radius 2 is 2.14 bits per heavy atom. The number of benzene rings is 1. The van der Waals surface area contributed by atoms with Gasteiger partial charge in [-0.25, -0.2) is 4.79 Å². The van der Waals surface area contributed by atoms with Gasteiger partial charge in [0.05, 0.1) is 13.2 Å². The lowest BCUT2D eigenvalue weighted by Gasteiger charge is -2.05. The van der Waals surface area contributed by atoms with Gasteiger partial charge in [0.15, 0.2) is 0 Å². The first-order chi connectivity index (χ1) is 10.2. The predicted molar refractivity (Wildman–Crippen MR) is 80.6 cm³/mol. The Labute approximate surface area is 123 Å². The summed E-state index contributed by atoms with van der Waals surface area (Å²) in [4.78, 5) is 11.4. The third kappa shape index (κ3) is 4.06. The van der Waals surface area contributed by atoms with Gasteiger partial charge in [0.1, 0.15) is 16.9 Å². The summed E-state index contributed by atoms with van der Waals surface area (Å²) in [5.74, 6) is -0.506. The third-order valence-corrected chi connectivity index (χ3v) is 3.23. The smallest absolute Gasteiger partial charge is 0.339 e. The predicted octanol–water partition coefficient (Wildman–Crippen LogP) is 3.04. The van der Waals surface area contributed by atoms with Crippen LogP contribution >= 0.6 is 0 Å². The molecule has 0 atom stereocenters. The normalized spacial score (nSPS) is 11.1. The number of rotatable bonds is 9. The summed E-state index contributed by atoms with van der Waals surface area (Å²) in [7, 11) is 0. The van der Waals surface area contributed by atoms with E-state index in [1.165, 1.54) is 0 Å². The standard InChI is InChI=1S/C16H21NO4/c1-2-3-9-20-10-8-17-11-14-15(16(18)19)12-6-4-5-7-13(12)21-14/h4-7,17H,2-3,8-11H2,1H3,(H,18,19). The molecule has 5 heteroatoms. The van der Waals surface area contributed by atoms with Crippen LogP contribution in [-0.4, -0.2) is 30.8 Å². The van der Waals surface area contributed by atoms with Crippen molar-refractivity contribution in [1.82, 2.24) is 5.32 Å². The number of ether oxygens (including phenoxy) is 1. The summed E-state index contributed by atoms with van der Waals surface area (Å²) < 4.78 is 11.1. The number of para-hydroxylation sites is 1. The lowest BCUT2D eigenvalue weighted by Crippen LogP contribution is -2.20. The van der Waals surface area contributed by atoms with Gasteiger partial charge in [0.2, 0.25) is 0 Å². The lowest BCUT2D eigenvalue weighted by molar-refractivity contribution is 0.0696. The van der Waals surface area contributed by atoms with Gasteiger partial charge in [-0.3, -0.25) is 0 Å². The molecule has 0 fully saturated rings. The molecule has 0 saturated carbocycles. The molecule has 0 spiro atoms. The minimum Gasteiger partial charge on any atom is -0.478 e. The van der Waals surface area contributed by atoms with Gasteiger partial charge >= 0.3 is 5.97 Å². The second kappa shape index (κ2) is 7.81. The molecule has 21 heavy (non-hydrogen) atoms. The van der Waals surface area contributed by atoms with Crippen LogP contribution in [0, 0.1) is 0 Å². The van der Waals surface area contributed by atoms with Crippen LogP contribution in [0.15, 0.2) is 28.7 Å². The maximum Gasteiger partial charge on any atom is 0.339 e. The largest absolute Gasteiger partial charge is 0.478 e. The third-order valence-electron chi connectivity index (χ3n) is 3.23. The van der Waals surface area contributed by atoms with Crippen molar-refractivity contribution in [3.05, 3.63) is 35.6 Å². The Kier molecular flexibility index (Phi) is 5.78. The zero-order valence-electron chi connectivity index (χ0n) is 12.2. The van der Waals surface area contributed by atoms with Crippen molar-refractivity contribution < 1.29 is 19.1 Å². The van der Waals surface area contributed by atoms with E-state index in [-0.39, 0.29) is 5.56 Å². The van der Waals surface area contributed by atoms with E-state index < -0.39 is 5.97 Å². The quantitative estimate of drug-likeness (QED) is 0.695. The van der Waals surface area contributed by atoms with Crippen LogP contribution in [0.4, 0.5) is 0 Å². The summed E-state index contributed by atoms with van der Waals surface area (Å²) >= 11 is 0. The molecule has 0 unspecified atom stereocenters. The molecule has 0 bridgehead atoms. The molecule has 1 aromatic carbocycles. The second-order valence-electron chi connectivity index (χ2n) is 4.84. The molecule has 1 aromatic heterocycles. The van der Waals surface area contributed by atoms with Crippen molar-refractivity contribution >= 4 is 16.9 Å². The molecule has 2 N–H and O–H groups in total. The van der Waals surface area contributed by atoms with Gasteiger partial charge in [0.25, 0.3) is 0 Å². The number of fused-ring (bicyclic) bond motifs is 1. The average Bonchev–Trinajstić information content (AvgIpc) is 2.84. The van der Waals surface area contributed by atoms with Crippen LogP contribution in [0.5, 0.6) is 0 Å². The molecule has 2 aromatic rings. The van der Waals surface area contributed by atoms with E-state index in [9.17, 15) is 9.90 Å². The molecular formula is C16H21NO4. The molecular weight excluding hydrogens is 270 g/mol. The van der Waals surface area contributed by atoms with Crippen molar-refractivity contribution in [2.75, 3.05) is 19.8 Å². The number of unbranched alkanes of at least 4 members (excludes halogenated alkanes) is 1. The highest BCUT2D eigenvalue weighted by atomic mass is 16.5. The molecule has 5 nitrogen and oxygen atoms in total. The van der Waals surface area contributed by atoms with Gasteiger partial charge < -0.3 is 19.6 Å². The lowest BCUT2D eigenvalue weighted by atomic mass is 10.1. The van der Waals surface area contributed by atoms with Crippen LogP contribution in [-0.2, 0) is 11.3 Å². The Balaban J connectivity index is 1.92. The molecule has 1 heterocycles. The number of nitrogens with one attached hydrogen (secondary N) is 1. The van der Waals surface area contributed by atoms with E-state index in [2.05, 4.69) is 12.2 Å². The fraction of sp³-hybridized carbons (Fsp3) is 0.438. The first-order valence-electron chi connectivity index (χ1n) is 7.26. The summed E-state index contributed by atoms with van der Waals surface area (Å²) in [5, 5.41) is 13.1. The zero-order valence-corrected chi connectivity index (χ0v) is 12.2. The van der Waals surface area contributed by atoms with E-state index in [4.69, 9.17) is 9.15 Å². The van der Waals surface area contributed by atoms with Crippen molar-refractivity contribution in [1.29, 1.82) is 0 Å². The molecule has 0 aliphatic carbocycles. The number of hydrogen-bond acceptors (Lipinski definition) is 4. The van der Waals surface area contributed by atoms with E-state index in [0.29, 0.717) is 36.4 Å². The van der Waals surface area contributed by atoms with Gasteiger partial charge in [-0.05, 0) is 12.5 Å². The monoisotopic (exact) mass is 291 g/mol. The van der Waals surface area contributed by atoms with Crippen LogP contribution in [0.2, 0.25) is 0 Å². The number of carboxylic acids is 1. The van der Waals surface area contributed by atoms with Gasteiger partial charge in [-0.1, -0.05) is 31.5 Å². The second-order valence-corrected chi connectivity index (χ2v) is 4.84. The first kappa shape index (κ1) is 15.5. The number of furan rings is 1. The molecule has 0 amide bonds. The Hall–Kier alpha value is -1.85. The fourth-order valence-corrected chi connectivity index (χ4v) is 2.15. The Bertz CT molecular complexity index is 591. The van der Waals surface area contributed by atoms with Crippen molar-refractivity contribution in [3.8, 4) is 0 Å². The van der Waals surface area contributed by atoms with Crippen LogP contribution < -0.4 is 5.32 Å². The number of hydrogen-bond donors (Lipinski definition) is 2. The van der Waals surface area contributed by atoms with E-state index in [1.54, 1.807) is 12.1 Å². The van der Waals surface area contributed by atoms with Crippen LogP contribution in [0.25, 0.3) is 11.0 Å². The maximum absolute atomic E-state index is 11.4. The summed E-state index contributed by atoms with van der Waals surface area (Å²) in [6.07, 6.45) is 2.18. The molecule has 2 rings (SSSR count). The summed E-state index contributed by atoms with van der Waals surface area (Å²) in [6, 6.07) is 7.18. The Morgan fingerprint density at radius 1 is 1.33 bits per heavy atom. The minimum atomic E-state index is -0.962. The summed E-state index contributed by atoms with van der Waals surface area (Å²) in [6.45, 7) is 4.55. The zero-order chi connectivity index (χ0) is 15.1. The number of aromatic carboxylic acids is 1. The molecule has 114 valence electrons. The first-order valence-corrected chi connectivity index (χ1v) is 7.26. The molecule has 0 saturated heterocycles. The summed E-state index contributed by atoms with van der Waals surface area (Å²) in [5.41, 5.74) is 0.843. The van der Waals surface area contributed by atoms with Gasteiger partial charge in [0, 0.05) is 18.5 Å². The minimum absolute atomic E-state index is 0.241.